The van der Waals surface area contributed by atoms with Crippen LogP contribution in [0.3, 0.4) is 0 Å². The van der Waals surface area contributed by atoms with E-state index in [-0.39, 0.29) is 5.91 Å². The molecule has 2 N–H and O–H groups in total. The van der Waals surface area contributed by atoms with Crippen molar-refractivity contribution in [3.63, 3.8) is 0 Å². The molecule has 0 saturated carbocycles. The summed E-state index contributed by atoms with van der Waals surface area (Å²) in [5.74, 6) is -0.0405. The van der Waals surface area contributed by atoms with E-state index in [4.69, 9.17) is 23.2 Å². The molecule has 0 radical (unpaired) electrons. The summed E-state index contributed by atoms with van der Waals surface area (Å²) >= 11 is 11.8. The molecule has 2 aromatic rings. The molecule has 1 aromatic carbocycles. The third kappa shape index (κ3) is 5.61. The monoisotopic (exact) mass is 323 g/mol. The zero-order valence-corrected chi connectivity index (χ0v) is 12.8. The Hall–Kier alpha value is -1.78. The predicted molar refractivity (Wildman–Crippen MR) is 85.7 cm³/mol. The van der Waals surface area contributed by atoms with Crippen LogP contribution in [0, 0.1) is 0 Å². The molecular formula is C15H15Cl2N3O. The number of carbonyl (C=O) groups excluding carboxylic acids is 1. The van der Waals surface area contributed by atoms with Crippen LogP contribution in [0.2, 0.25) is 10.0 Å². The molecule has 0 aliphatic carbocycles. The first-order chi connectivity index (χ1) is 10.1. The molecule has 0 bridgehead atoms. The number of nitrogens with one attached hydrogen (secondary N) is 2. The minimum Gasteiger partial charge on any atom is -0.384 e. The molecule has 2 rings (SSSR count). The van der Waals surface area contributed by atoms with E-state index >= 15 is 0 Å². The smallest absolute Gasteiger partial charge is 0.222 e. The van der Waals surface area contributed by atoms with Crippen molar-refractivity contribution in [2.24, 2.45) is 0 Å². The fraction of sp³-hybridized carbons (Fsp3) is 0.200. The fourth-order valence-corrected chi connectivity index (χ4v) is 2.28. The molecule has 0 unspecified atom stereocenters. The van der Waals surface area contributed by atoms with E-state index in [2.05, 4.69) is 15.6 Å². The highest BCUT2D eigenvalue weighted by molar-refractivity contribution is 6.35. The highest BCUT2D eigenvalue weighted by Gasteiger charge is 2.03. The van der Waals surface area contributed by atoms with Crippen molar-refractivity contribution in [3.8, 4) is 0 Å². The zero-order chi connectivity index (χ0) is 15.1. The van der Waals surface area contributed by atoms with Gasteiger partial charge in [0, 0.05) is 34.9 Å². The lowest BCUT2D eigenvalue weighted by molar-refractivity contribution is -0.121. The lowest BCUT2D eigenvalue weighted by Gasteiger charge is -2.08. The Balaban J connectivity index is 1.72. The molecule has 0 atom stereocenters. The van der Waals surface area contributed by atoms with Crippen LogP contribution in [-0.2, 0) is 11.3 Å². The number of anilines is 1. The molecule has 110 valence electrons. The average molecular weight is 324 g/mol. The number of hydrogen-bond donors (Lipinski definition) is 2. The van der Waals surface area contributed by atoms with Gasteiger partial charge in [-0.2, -0.15) is 0 Å². The molecule has 21 heavy (non-hydrogen) atoms. The highest BCUT2D eigenvalue weighted by atomic mass is 35.5. The topological polar surface area (TPSA) is 54.0 Å². The number of amides is 1. The Morgan fingerprint density at radius 3 is 2.57 bits per heavy atom. The predicted octanol–water partition coefficient (Wildman–Crippen LogP) is 3.51. The van der Waals surface area contributed by atoms with Gasteiger partial charge in [-0.15, -0.1) is 0 Å². The number of nitrogens with zero attached hydrogens (tertiary/aromatic N) is 1. The molecule has 0 fully saturated rings. The lowest BCUT2D eigenvalue weighted by Crippen LogP contribution is -2.25. The molecule has 0 aliphatic heterocycles. The van der Waals surface area contributed by atoms with Crippen LogP contribution >= 0.6 is 23.2 Å². The second-order valence-corrected chi connectivity index (χ2v) is 5.31. The molecule has 0 aliphatic rings. The molecule has 6 heteroatoms. The summed E-state index contributed by atoms with van der Waals surface area (Å²) in [5, 5.41) is 7.04. The number of carbonyl (C=O) groups is 1. The minimum atomic E-state index is -0.0405. The van der Waals surface area contributed by atoms with Crippen molar-refractivity contribution in [2.45, 2.75) is 13.0 Å². The van der Waals surface area contributed by atoms with Crippen molar-refractivity contribution in [1.82, 2.24) is 10.3 Å². The molecular weight excluding hydrogens is 309 g/mol. The summed E-state index contributed by atoms with van der Waals surface area (Å²) in [6, 6.07) is 10.8. The van der Waals surface area contributed by atoms with E-state index in [1.807, 2.05) is 18.2 Å². The molecule has 1 heterocycles. The number of aromatic nitrogens is 1. The van der Waals surface area contributed by atoms with E-state index in [1.165, 1.54) is 0 Å². The van der Waals surface area contributed by atoms with Gasteiger partial charge in [-0.05, 0) is 30.3 Å². The van der Waals surface area contributed by atoms with Crippen LogP contribution in [0.15, 0.2) is 42.6 Å². The largest absolute Gasteiger partial charge is 0.384 e. The molecule has 0 spiro atoms. The number of halogens is 2. The van der Waals surface area contributed by atoms with Gasteiger partial charge < -0.3 is 10.6 Å². The Morgan fingerprint density at radius 1 is 1.14 bits per heavy atom. The van der Waals surface area contributed by atoms with Gasteiger partial charge in [0.25, 0.3) is 0 Å². The highest BCUT2D eigenvalue weighted by Crippen LogP contribution is 2.22. The van der Waals surface area contributed by atoms with Crippen LogP contribution in [-0.4, -0.2) is 17.4 Å². The summed E-state index contributed by atoms with van der Waals surface area (Å²) in [6.07, 6.45) is 2.06. The normalized spacial score (nSPS) is 10.2. The van der Waals surface area contributed by atoms with E-state index in [1.54, 1.807) is 24.4 Å². The Morgan fingerprint density at radius 2 is 1.90 bits per heavy atom. The fourth-order valence-electron chi connectivity index (χ4n) is 1.76. The maximum atomic E-state index is 11.7. The van der Waals surface area contributed by atoms with Crippen molar-refractivity contribution in [3.05, 3.63) is 58.3 Å². The van der Waals surface area contributed by atoms with Gasteiger partial charge in [-0.1, -0.05) is 29.3 Å². The van der Waals surface area contributed by atoms with Crippen LogP contribution in [0.1, 0.15) is 12.1 Å². The van der Waals surface area contributed by atoms with Gasteiger partial charge in [-0.3, -0.25) is 9.78 Å². The summed E-state index contributed by atoms with van der Waals surface area (Å²) in [6.45, 7) is 0.938. The third-order valence-corrected chi connectivity index (χ3v) is 3.17. The van der Waals surface area contributed by atoms with Crippen LogP contribution < -0.4 is 10.6 Å². The third-order valence-electron chi connectivity index (χ3n) is 2.74. The zero-order valence-electron chi connectivity index (χ0n) is 11.3. The maximum Gasteiger partial charge on any atom is 0.222 e. The Kier molecular flexibility index (Phi) is 5.84. The van der Waals surface area contributed by atoms with Crippen molar-refractivity contribution >= 4 is 34.8 Å². The summed E-state index contributed by atoms with van der Waals surface area (Å²) in [5.41, 5.74) is 1.63. The van der Waals surface area contributed by atoms with Gasteiger partial charge in [0.1, 0.15) is 0 Å². The van der Waals surface area contributed by atoms with Crippen LogP contribution in [0.4, 0.5) is 5.69 Å². The summed E-state index contributed by atoms with van der Waals surface area (Å²) in [7, 11) is 0. The van der Waals surface area contributed by atoms with Gasteiger partial charge >= 0.3 is 0 Å². The molecule has 1 aromatic heterocycles. The second-order valence-electron chi connectivity index (χ2n) is 4.43. The van der Waals surface area contributed by atoms with Crippen molar-refractivity contribution in [2.75, 3.05) is 11.9 Å². The SMILES string of the molecule is O=C(CCNc1cc(Cl)cc(Cl)c1)NCc1ccccn1. The van der Waals surface area contributed by atoms with E-state index in [0.717, 1.165) is 11.4 Å². The first-order valence-corrected chi connectivity index (χ1v) is 7.25. The molecule has 0 saturated heterocycles. The minimum absolute atomic E-state index is 0.0405. The quantitative estimate of drug-likeness (QED) is 0.855. The molecule has 4 nitrogen and oxygen atoms in total. The van der Waals surface area contributed by atoms with Gasteiger partial charge in [-0.25, -0.2) is 0 Å². The van der Waals surface area contributed by atoms with Gasteiger partial charge in [0.2, 0.25) is 5.91 Å². The Labute approximate surface area is 133 Å². The van der Waals surface area contributed by atoms with Crippen LogP contribution in [0.5, 0.6) is 0 Å². The average Bonchev–Trinajstić information content (AvgIpc) is 2.45. The van der Waals surface area contributed by atoms with Gasteiger partial charge in [0.15, 0.2) is 0 Å². The lowest BCUT2D eigenvalue weighted by atomic mass is 10.3. The van der Waals surface area contributed by atoms with Crippen LogP contribution in [0.25, 0.3) is 0 Å². The van der Waals surface area contributed by atoms with E-state index < -0.39 is 0 Å². The Bertz CT molecular complexity index is 585. The number of benzene rings is 1. The second kappa shape index (κ2) is 7.86. The standard InChI is InChI=1S/C15H15Cl2N3O/c16-11-7-12(17)9-14(8-11)19-6-4-15(21)20-10-13-3-1-2-5-18-13/h1-3,5,7-9,19H,4,6,10H2,(H,20,21). The maximum absolute atomic E-state index is 11.7. The van der Waals surface area contributed by atoms with Crippen molar-refractivity contribution in [1.29, 1.82) is 0 Å². The van der Waals surface area contributed by atoms with Crippen molar-refractivity contribution < 1.29 is 4.79 Å². The number of pyridine rings is 1. The first kappa shape index (κ1) is 15.6. The first-order valence-electron chi connectivity index (χ1n) is 6.50. The van der Waals surface area contributed by atoms with E-state index in [9.17, 15) is 4.79 Å². The van der Waals surface area contributed by atoms with Gasteiger partial charge in [0.05, 0.1) is 12.2 Å². The summed E-state index contributed by atoms with van der Waals surface area (Å²) in [4.78, 5) is 15.8. The summed E-state index contributed by atoms with van der Waals surface area (Å²) < 4.78 is 0. The molecule has 1 amide bonds. The number of hydrogen-bond acceptors (Lipinski definition) is 3. The number of rotatable bonds is 6. The van der Waals surface area contributed by atoms with E-state index in [0.29, 0.717) is 29.6 Å².